The molecular weight excluding hydrogens is 257 g/mol. The van der Waals surface area contributed by atoms with Crippen molar-refractivity contribution >= 4 is 23.9 Å². The minimum absolute atomic E-state index is 0.316. The summed E-state index contributed by atoms with van der Waals surface area (Å²) in [7, 11) is 0. The highest BCUT2D eigenvalue weighted by atomic mass is 32.2. The number of aryl methyl sites for hydroxylation is 2. The fourth-order valence-corrected chi connectivity index (χ4v) is 2.31. The molecule has 0 amide bonds. The second kappa shape index (κ2) is 6.07. The maximum Gasteiger partial charge on any atom is 0.143 e. The van der Waals surface area contributed by atoms with Crippen LogP contribution in [0.3, 0.4) is 0 Å². The fraction of sp³-hybridized carbons (Fsp3) is 0.273. The molecule has 17 heavy (non-hydrogen) atoms. The van der Waals surface area contributed by atoms with Crippen molar-refractivity contribution in [2.24, 2.45) is 0 Å². The first-order valence-corrected chi connectivity index (χ1v) is 6.86. The molecule has 0 aliphatic rings. The van der Waals surface area contributed by atoms with Crippen LogP contribution in [0.15, 0.2) is 40.4 Å². The Hall–Kier alpha value is -1.01. The Balaban J connectivity index is 1.98. The lowest BCUT2D eigenvalue weighted by molar-refractivity contribution is 0.629. The summed E-state index contributed by atoms with van der Waals surface area (Å²) < 4.78 is 13.6. The first kappa shape index (κ1) is 12.4. The normalized spacial score (nSPS) is 10.7. The summed E-state index contributed by atoms with van der Waals surface area (Å²) in [6.07, 6.45) is 1.83. The average Bonchev–Trinajstić information content (AvgIpc) is 2.77. The summed E-state index contributed by atoms with van der Waals surface area (Å²) >= 11 is 1.87. The standard InChI is InChI=1S/C11H12FN3S2/c1-9-2-4-10(5-3-9)17-11-8-15(14-13-11)6-7-16-12/h2-5,8H,6-7H2,1H3. The van der Waals surface area contributed by atoms with Gasteiger partial charge in [-0.2, -0.15) is 3.89 Å². The van der Waals surface area contributed by atoms with Gasteiger partial charge in [0.15, 0.2) is 0 Å². The van der Waals surface area contributed by atoms with Crippen molar-refractivity contribution in [3.05, 3.63) is 36.0 Å². The van der Waals surface area contributed by atoms with E-state index >= 15 is 0 Å². The second-order valence-corrected chi connectivity index (χ2v) is 5.27. The third-order valence-electron chi connectivity index (χ3n) is 2.16. The summed E-state index contributed by atoms with van der Waals surface area (Å²) in [6, 6.07) is 8.23. The average molecular weight is 269 g/mol. The largest absolute Gasteiger partial charge is 0.250 e. The van der Waals surface area contributed by atoms with Crippen molar-refractivity contribution in [3.8, 4) is 0 Å². The molecule has 1 aromatic heterocycles. The maximum absolute atomic E-state index is 11.9. The van der Waals surface area contributed by atoms with Crippen LogP contribution in [-0.4, -0.2) is 20.7 Å². The van der Waals surface area contributed by atoms with E-state index in [1.807, 2.05) is 6.20 Å². The van der Waals surface area contributed by atoms with Gasteiger partial charge in [0.25, 0.3) is 0 Å². The Bertz CT molecular complexity index is 470. The molecule has 0 fully saturated rings. The van der Waals surface area contributed by atoms with E-state index in [-0.39, 0.29) is 0 Å². The molecule has 0 atom stereocenters. The highest BCUT2D eigenvalue weighted by Gasteiger charge is 2.03. The highest BCUT2D eigenvalue weighted by molar-refractivity contribution is 7.99. The minimum atomic E-state index is 0.316. The van der Waals surface area contributed by atoms with Gasteiger partial charge in [0, 0.05) is 22.8 Å². The Labute approximate surface area is 108 Å². The van der Waals surface area contributed by atoms with Crippen molar-refractivity contribution < 1.29 is 3.89 Å². The van der Waals surface area contributed by atoms with E-state index in [4.69, 9.17) is 0 Å². The SMILES string of the molecule is Cc1ccc(Sc2cn(CCSF)nn2)cc1. The van der Waals surface area contributed by atoms with Gasteiger partial charge in [-0.3, -0.25) is 4.68 Å². The monoisotopic (exact) mass is 269 g/mol. The summed E-state index contributed by atoms with van der Waals surface area (Å²) in [5.41, 5.74) is 1.23. The molecule has 0 saturated heterocycles. The van der Waals surface area contributed by atoms with E-state index in [0.29, 0.717) is 24.4 Å². The van der Waals surface area contributed by atoms with Crippen LogP contribution < -0.4 is 0 Å². The number of benzene rings is 1. The molecule has 0 bridgehead atoms. The van der Waals surface area contributed by atoms with E-state index in [9.17, 15) is 3.89 Å². The number of hydrogen-bond acceptors (Lipinski definition) is 4. The number of nitrogens with zero attached hydrogens (tertiary/aromatic N) is 3. The van der Waals surface area contributed by atoms with Crippen molar-refractivity contribution in [2.75, 3.05) is 5.75 Å². The van der Waals surface area contributed by atoms with Crippen LogP contribution in [0.25, 0.3) is 0 Å². The number of hydrogen-bond donors (Lipinski definition) is 0. The van der Waals surface area contributed by atoms with Gasteiger partial charge in [-0.1, -0.05) is 34.7 Å². The zero-order chi connectivity index (χ0) is 12.1. The molecule has 90 valence electrons. The van der Waals surface area contributed by atoms with Gasteiger partial charge in [0.05, 0.1) is 12.7 Å². The molecule has 6 heteroatoms. The summed E-state index contributed by atoms with van der Waals surface area (Å²) in [4.78, 5) is 1.13. The predicted octanol–water partition coefficient (Wildman–Crippen LogP) is 3.36. The Morgan fingerprint density at radius 3 is 2.76 bits per heavy atom. The molecule has 0 unspecified atom stereocenters. The van der Waals surface area contributed by atoms with Crippen LogP contribution in [0, 0.1) is 6.92 Å². The van der Waals surface area contributed by atoms with E-state index < -0.39 is 0 Å². The molecule has 1 aromatic carbocycles. The van der Waals surface area contributed by atoms with E-state index in [0.717, 1.165) is 9.92 Å². The zero-order valence-electron chi connectivity index (χ0n) is 9.34. The van der Waals surface area contributed by atoms with Gasteiger partial charge in [-0.25, -0.2) is 0 Å². The molecule has 0 radical (unpaired) electrons. The van der Waals surface area contributed by atoms with Crippen LogP contribution >= 0.6 is 23.9 Å². The molecule has 2 aromatic rings. The van der Waals surface area contributed by atoms with Crippen molar-refractivity contribution in [2.45, 2.75) is 23.4 Å². The van der Waals surface area contributed by atoms with Crippen molar-refractivity contribution in [1.29, 1.82) is 0 Å². The quantitative estimate of drug-likeness (QED) is 0.833. The van der Waals surface area contributed by atoms with Crippen LogP contribution in [0.2, 0.25) is 0 Å². The summed E-state index contributed by atoms with van der Waals surface area (Å²) in [5, 5.41) is 8.80. The van der Waals surface area contributed by atoms with Gasteiger partial charge in [0.2, 0.25) is 0 Å². The molecule has 1 heterocycles. The smallest absolute Gasteiger partial charge is 0.143 e. The number of aromatic nitrogens is 3. The molecule has 0 N–H and O–H groups in total. The first-order valence-electron chi connectivity index (χ1n) is 5.16. The van der Waals surface area contributed by atoms with Crippen molar-refractivity contribution in [1.82, 2.24) is 15.0 Å². The Kier molecular flexibility index (Phi) is 4.44. The predicted molar refractivity (Wildman–Crippen MR) is 68.9 cm³/mol. The molecule has 0 aliphatic carbocycles. The van der Waals surface area contributed by atoms with E-state index in [2.05, 4.69) is 41.5 Å². The van der Waals surface area contributed by atoms with E-state index in [1.54, 1.807) is 16.4 Å². The Morgan fingerprint density at radius 1 is 1.29 bits per heavy atom. The summed E-state index contributed by atoms with van der Waals surface area (Å²) in [5.74, 6) is 0.401. The maximum atomic E-state index is 11.9. The van der Waals surface area contributed by atoms with Crippen LogP contribution in [0.5, 0.6) is 0 Å². The lowest BCUT2D eigenvalue weighted by atomic mass is 10.2. The third-order valence-corrected chi connectivity index (χ3v) is 3.40. The number of halogens is 1. The number of rotatable bonds is 5. The molecule has 3 nitrogen and oxygen atoms in total. The van der Waals surface area contributed by atoms with Gasteiger partial charge in [-0.15, -0.1) is 5.10 Å². The van der Waals surface area contributed by atoms with Crippen LogP contribution in [0.4, 0.5) is 3.89 Å². The molecule has 0 saturated carbocycles. The fourth-order valence-electron chi connectivity index (χ4n) is 1.29. The first-order chi connectivity index (χ1) is 8.28. The van der Waals surface area contributed by atoms with Gasteiger partial charge < -0.3 is 0 Å². The zero-order valence-corrected chi connectivity index (χ0v) is 11.0. The lowest BCUT2D eigenvalue weighted by Crippen LogP contribution is -1.99. The second-order valence-electron chi connectivity index (χ2n) is 3.55. The third kappa shape index (κ3) is 3.74. The van der Waals surface area contributed by atoms with Gasteiger partial charge in [-0.05, 0) is 19.1 Å². The molecular formula is C11H12FN3S2. The highest BCUT2D eigenvalue weighted by Crippen LogP contribution is 2.25. The lowest BCUT2D eigenvalue weighted by Gasteiger charge is -1.97. The minimum Gasteiger partial charge on any atom is -0.250 e. The molecule has 0 spiro atoms. The van der Waals surface area contributed by atoms with Crippen molar-refractivity contribution in [3.63, 3.8) is 0 Å². The van der Waals surface area contributed by atoms with E-state index in [1.165, 1.54) is 5.56 Å². The van der Waals surface area contributed by atoms with Crippen LogP contribution in [-0.2, 0) is 6.54 Å². The Morgan fingerprint density at radius 2 is 2.06 bits per heavy atom. The van der Waals surface area contributed by atoms with Gasteiger partial charge in [0.1, 0.15) is 5.03 Å². The molecule has 2 rings (SSSR count). The summed E-state index contributed by atoms with van der Waals surface area (Å²) in [6.45, 7) is 2.60. The molecule has 0 aliphatic heterocycles. The van der Waals surface area contributed by atoms with Gasteiger partial charge >= 0.3 is 0 Å². The van der Waals surface area contributed by atoms with Crippen LogP contribution in [0.1, 0.15) is 5.56 Å². The topological polar surface area (TPSA) is 30.7 Å².